The van der Waals surface area contributed by atoms with Crippen LogP contribution in [0, 0.1) is 4.77 Å². The van der Waals surface area contributed by atoms with E-state index in [2.05, 4.69) is 23.7 Å². The first-order valence-corrected chi connectivity index (χ1v) is 7.20. The van der Waals surface area contributed by atoms with Gasteiger partial charge in [-0.1, -0.05) is 0 Å². The van der Waals surface area contributed by atoms with Crippen LogP contribution >= 0.6 is 23.6 Å². The van der Waals surface area contributed by atoms with Gasteiger partial charge in [0.25, 0.3) is 5.56 Å². The van der Waals surface area contributed by atoms with Gasteiger partial charge in [0.2, 0.25) is 0 Å². The summed E-state index contributed by atoms with van der Waals surface area (Å²) in [5, 5.41) is 2.63. The Morgan fingerprint density at radius 2 is 2.28 bits per heavy atom. The van der Waals surface area contributed by atoms with E-state index in [-0.39, 0.29) is 5.56 Å². The van der Waals surface area contributed by atoms with Gasteiger partial charge in [-0.3, -0.25) is 9.36 Å². The average molecular weight is 283 g/mol. The maximum Gasteiger partial charge on any atom is 0.263 e. The summed E-state index contributed by atoms with van der Waals surface area (Å²) in [6.45, 7) is 5.69. The molecule has 98 valence electrons. The summed E-state index contributed by atoms with van der Waals surface area (Å²) >= 11 is 6.75. The molecule has 0 unspecified atom stereocenters. The number of aromatic amines is 1. The molecule has 0 aromatic carbocycles. The number of nitrogens with one attached hydrogen (secondary N) is 1. The van der Waals surface area contributed by atoms with Crippen LogP contribution in [0.2, 0.25) is 0 Å². The first-order chi connectivity index (χ1) is 8.50. The molecule has 0 aliphatic rings. The number of rotatable bonds is 4. The Labute approximate surface area is 115 Å². The third-order valence-electron chi connectivity index (χ3n) is 3.16. The van der Waals surface area contributed by atoms with Crippen LogP contribution in [0.4, 0.5) is 0 Å². The molecule has 0 bridgehead atoms. The highest BCUT2D eigenvalue weighted by atomic mass is 32.1. The van der Waals surface area contributed by atoms with E-state index in [0.717, 1.165) is 16.8 Å². The molecule has 4 nitrogen and oxygen atoms in total. The molecule has 2 aromatic heterocycles. The van der Waals surface area contributed by atoms with Gasteiger partial charge in [0.15, 0.2) is 4.77 Å². The minimum absolute atomic E-state index is 0.00663. The number of nitrogens with zero attached hydrogens (tertiary/aromatic N) is 2. The summed E-state index contributed by atoms with van der Waals surface area (Å²) in [5.41, 5.74) is 0.00663. The second-order valence-electron chi connectivity index (χ2n) is 4.62. The predicted molar refractivity (Wildman–Crippen MR) is 79.0 cm³/mol. The van der Waals surface area contributed by atoms with Gasteiger partial charge in [0, 0.05) is 19.1 Å². The number of thiophene rings is 1. The molecule has 0 spiro atoms. The molecule has 2 aromatic rings. The number of likely N-dealkylation sites (N-methyl/N-ethyl adjacent to an activating group) is 1. The average Bonchev–Trinajstić information content (AvgIpc) is 2.76. The lowest BCUT2D eigenvalue weighted by Crippen LogP contribution is -2.33. The number of fused-ring (bicyclic) bond motifs is 1. The van der Waals surface area contributed by atoms with Gasteiger partial charge in [0.05, 0.1) is 5.39 Å². The quantitative estimate of drug-likeness (QED) is 0.876. The van der Waals surface area contributed by atoms with Crippen LogP contribution in [0.15, 0.2) is 16.2 Å². The van der Waals surface area contributed by atoms with Crippen molar-refractivity contribution in [2.75, 3.05) is 13.6 Å². The number of hydrogen-bond acceptors (Lipinski definition) is 4. The summed E-state index contributed by atoms with van der Waals surface area (Å²) in [7, 11) is 2.05. The second kappa shape index (κ2) is 5.34. The zero-order chi connectivity index (χ0) is 13.3. The highest BCUT2D eigenvalue weighted by Gasteiger charge is 2.08. The first-order valence-electron chi connectivity index (χ1n) is 5.91. The molecule has 2 heterocycles. The van der Waals surface area contributed by atoms with Gasteiger partial charge < -0.3 is 9.88 Å². The minimum Gasteiger partial charge on any atom is -0.323 e. The Bertz CT molecular complexity index is 653. The molecule has 0 saturated heterocycles. The van der Waals surface area contributed by atoms with Gasteiger partial charge >= 0.3 is 0 Å². The maximum atomic E-state index is 12.3. The molecule has 0 aliphatic heterocycles. The van der Waals surface area contributed by atoms with Crippen molar-refractivity contribution in [2.45, 2.75) is 26.4 Å². The van der Waals surface area contributed by atoms with Crippen LogP contribution in [0.3, 0.4) is 0 Å². The van der Waals surface area contributed by atoms with Crippen molar-refractivity contribution >= 4 is 33.8 Å². The van der Waals surface area contributed by atoms with E-state index in [4.69, 9.17) is 12.2 Å². The fourth-order valence-electron chi connectivity index (χ4n) is 1.70. The highest BCUT2D eigenvalue weighted by Crippen LogP contribution is 2.13. The van der Waals surface area contributed by atoms with Gasteiger partial charge in [-0.05, 0) is 44.6 Å². The Morgan fingerprint density at radius 3 is 2.94 bits per heavy atom. The first kappa shape index (κ1) is 13.5. The summed E-state index contributed by atoms with van der Waals surface area (Å²) in [6, 6.07) is 2.30. The van der Waals surface area contributed by atoms with Crippen LogP contribution in [-0.4, -0.2) is 34.1 Å². The van der Waals surface area contributed by atoms with Crippen molar-refractivity contribution < 1.29 is 0 Å². The smallest absolute Gasteiger partial charge is 0.263 e. The van der Waals surface area contributed by atoms with Crippen LogP contribution in [0.25, 0.3) is 10.2 Å². The third kappa shape index (κ3) is 2.55. The van der Waals surface area contributed by atoms with Gasteiger partial charge in [-0.25, -0.2) is 0 Å². The zero-order valence-electron chi connectivity index (χ0n) is 10.8. The molecular weight excluding hydrogens is 266 g/mol. The molecule has 0 aliphatic carbocycles. The Morgan fingerprint density at radius 1 is 1.56 bits per heavy atom. The number of H-pyrrole nitrogens is 1. The standard InChI is InChI=1S/C12H17N3OS2/c1-8(2)14(3)5-6-15-11(16)9-4-7-18-10(9)13-12(15)17/h4,7-8H,5-6H2,1-3H3,(H,13,17). The molecule has 18 heavy (non-hydrogen) atoms. The number of aromatic nitrogens is 2. The van der Waals surface area contributed by atoms with E-state index >= 15 is 0 Å². The largest absolute Gasteiger partial charge is 0.323 e. The molecule has 2 rings (SSSR count). The van der Waals surface area contributed by atoms with E-state index in [0.29, 0.717) is 17.4 Å². The molecule has 6 heteroatoms. The van der Waals surface area contributed by atoms with Gasteiger partial charge in [0.1, 0.15) is 4.83 Å². The van der Waals surface area contributed by atoms with Gasteiger partial charge in [-0.15, -0.1) is 11.3 Å². The fraction of sp³-hybridized carbons (Fsp3) is 0.500. The molecule has 0 saturated carbocycles. The van der Waals surface area contributed by atoms with E-state index in [1.54, 1.807) is 4.57 Å². The van der Waals surface area contributed by atoms with Crippen LogP contribution in [0.5, 0.6) is 0 Å². The highest BCUT2D eigenvalue weighted by molar-refractivity contribution is 7.71. The van der Waals surface area contributed by atoms with E-state index in [1.807, 2.05) is 18.5 Å². The lowest BCUT2D eigenvalue weighted by atomic mass is 10.3. The summed E-state index contributed by atoms with van der Waals surface area (Å²) in [6.07, 6.45) is 0. The fourth-order valence-corrected chi connectivity index (χ4v) is 2.81. The minimum atomic E-state index is 0.00663. The normalized spacial score (nSPS) is 11.8. The Balaban J connectivity index is 2.33. The van der Waals surface area contributed by atoms with E-state index in [1.165, 1.54) is 11.3 Å². The zero-order valence-corrected chi connectivity index (χ0v) is 12.4. The second-order valence-corrected chi connectivity index (χ2v) is 5.93. The van der Waals surface area contributed by atoms with Crippen molar-refractivity contribution in [3.05, 3.63) is 26.6 Å². The van der Waals surface area contributed by atoms with E-state index in [9.17, 15) is 4.79 Å². The van der Waals surface area contributed by atoms with E-state index < -0.39 is 0 Å². The van der Waals surface area contributed by atoms with Crippen molar-refractivity contribution in [1.29, 1.82) is 0 Å². The van der Waals surface area contributed by atoms with Crippen LogP contribution in [0.1, 0.15) is 13.8 Å². The molecule has 0 amide bonds. The molecule has 0 atom stereocenters. The summed E-state index contributed by atoms with van der Waals surface area (Å²) in [4.78, 5) is 18.4. The Hall–Kier alpha value is -0.980. The van der Waals surface area contributed by atoms with Gasteiger partial charge in [-0.2, -0.15) is 0 Å². The summed E-state index contributed by atoms with van der Waals surface area (Å²) in [5.74, 6) is 0. The maximum absolute atomic E-state index is 12.3. The van der Waals surface area contributed by atoms with Crippen molar-refractivity contribution in [2.24, 2.45) is 0 Å². The number of hydrogen-bond donors (Lipinski definition) is 1. The predicted octanol–water partition coefficient (Wildman–Crippen LogP) is 2.46. The van der Waals surface area contributed by atoms with Crippen molar-refractivity contribution in [3.63, 3.8) is 0 Å². The molecule has 0 fully saturated rings. The SMILES string of the molecule is CC(C)N(C)CCn1c(=S)[nH]c2sccc2c1=O. The lowest BCUT2D eigenvalue weighted by molar-refractivity contribution is 0.261. The topological polar surface area (TPSA) is 41.0 Å². The molecular formula is C12H17N3OS2. The monoisotopic (exact) mass is 283 g/mol. The van der Waals surface area contributed by atoms with Crippen LogP contribution < -0.4 is 5.56 Å². The lowest BCUT2D eigenvalue weighted by Gasteiger charge is -2.21. The summed E-state index contributed by atoms with van der Waals surface area (Å²) < 4.78 is 2.15. The van der Waals surface area contributed by atoms with Crippen molar-refractivity contribution in [1.82, 2.24) is 14.5 Å². The molecule has 1 N–H and O–H groups in total. The van der Waals surface area contributed by atoms with Crippen LogP contribution in [-0.2, 0) is 6.54 Å². The third-order valence-corrected chi connectivity index (χ3v) is 4.32. The Kier molecular flexibility index (Phi) is 3.99. The van der Waals surface area contributed by atoms with Crippen molar-refractivity contribution in [3.8, 4) is 0 Å². The molecule has 0 radical (unpaired) electrons.